The molecule has 1 nitrogen and oxygen atoms in total. The Labute approximate surface area is 106 Å². The van der Waals surface area contributed by atoms with Crippen molar-refractivity contribution in [2.24, 2.45) is 11.8 Å². The number of aryl methyl sites for hydroxylation is 1. The molecule has 17 heavy (non-hydrogen) atoms. The third-order valence-electron chi connectivity index (χ3n) is 4.15. The van der Waals surface area contributed by atoms with Gasteiger partial charge < -0.3 is 5.32 Å². The van der Waals surface area contributed by atoms with Crippen LogP contribution in [0.1, 0.15) is 44.2 Å². The average Bonchev–Trinajstić information content (AvgIpc) is 2.32. The summed E-state index contributed by atoms with van der Waals surface area (Å²) in [5.74, 6) is 1.72. The Morgan fingerprint density at radius 2 is 1.82 bits per heavy atom. The van der Waals surface area contributed by atoms with Crippen LogP contribution in [0.4, 0.5) is 0 Å². The van der Waals surface area contributed by atoms with Gasteiger partial charge in [0.2, 0.25) is 0 Å². The zero-order valence-electron chi connectivity index (χ0n) is 11.4. The van der Waals surface area contributed by atoms with Crippen LogP contribution in [-0.2, 0) is 6.54 Å². The van der Waals surface area contributed by atoms with E-state index in [0.717, 1.165) is 18.4 Å². The van der Waals surface area contributed by atoms with Crippen LogP contribution in [0.25, 0.3) is 0 Å². The molecule has 1 saturated carbocycles. The Bertz CT molecular complexity index is 341. The van der Waals surface area contributed by atoms with E-state index in [9.17, 15) is 0 Å². The molecule has 0 amide bonds. The van der Waals surface area contributed by atoms with Crippen molar-refractivity contribution in [2.75, 3.05) is 0 Å². The van der Waals surface area contributed by atoms with Crippen molar-refractivity contribution in [3.63, 3.8) is 0 Å². The second kappa shape index (κ2) is 5.68. The highest BCUT2D eigenvalue weighted by Gasteiger charge is 2.24. The van der Waals surface area contributed by atoms with E-state index in [4.69, 9.17) is 0 Å². The molecule has 1 aliphatic carbocycles. The molecule has 1 heteroatoms. The summed E-state index contributed by atoms with van der Waals surface area (Å²) in [5, 5.41) is 3.74. The van der Waals surface area contributed by atoms with Gasteiger partial charge in [0.25, 0.3) is 0 Å². The predicted molar refractivity (Wildman–Crippen MR) is 74.0 cm³/mol. The molecule has 3 atom stereocenters. The summed E-state index contributed by atoms with van der Waals surface area (Å²) in [6.07, 6.45) is 4.13. The molecule has 0 aromatic heterocycles. The van der Waals surface area contributed by atoms with Gasteiger partial charge in [-0.15, -0.1) is 0 Å². The van der Waals surface area contributed by atoms with E-state index >= 15 is 0 Å². The minimum Gasteiger partial charge on any atom is -0.310 e. The Balaban J connectivity index is 1.86. The molecule has 0 saturated heterocycles. The number of nitrogens with one attached hydrogen (secondary N) is 1. The maximum absolute atomic E-state index is 3.74. The van der Waals surface area contributed by atoms with Crippen LogP contribution in [0, 0.1) is 18.8 Å². The Kier molecular flexibility index (Phi) is 4.22. The van der Waals surface area contributed by atoms with E-state index in [2.05, 4.69) is 50.4 Å². The second-order valence-corrected chi connectivity index (χ2v) is 5.87. The van der Waals surface area contributed by atoms with Crippen LogP contribution < -0.4 is 5.32 Å². The lowest BCUT2D eigenvalue weighted by Gasteiger charge is -2.33. The topological polar surface area (TPSA) is 12.0 Å². The minimum absolute atomic E-state index is 0.708. The molecular weight excluding hydrogens is 206 g/mol. The monoisotopic (exact) mass is 231 g/mol. The Morgan fingerprint density at radius 3 is 2.53 bits per heavy atom. The van der Waals surface area contributed by atoms with Gasteiger partial charge in [-0.1, -0.05) is 50.1 Å². The molecule has 3 unspecified atom stereocenters. The van der Waals surface area contributed by atoms with E-state index in [0.29, 0.717) is 6.04 Å². The second-order valence-electron chi connectivity index (χ2n) is 5.87. The van der Waals surface area contributed by atoms with Gasteiger partial charge in [0.1, 0.15) is 0 Å². The highest BCUT2D eigenvalue weighted by Crippen LogP contribution is 2.28. The number of rotatable bonds is 3. The largest absolute Gasteiger partial charge is 0.310 e. The first-order valence-electron chi connectivity index (χ1n) is 6.94. The van der Waals surface area contributed by atoms with E-state index in [-0.39, 0.29) is 0 Å². The molecule has 1 fully saturated rings. The summed E-state index contributed by atoms with van der Waals surface area (Å²) in [7, 11) is 0. The fraction of sp³-hybridized carbons (Fsp3) is 0.625. The van der Waals surface area contributed by atoms with Crippen LogP contribution in [-0.4, -0.2) is 6.04 Å². The average molecular weight is 231 g/mol. The molecule has 0 heterocycles. The van der Waals surface area contributed by atoms with Crippen LogP contribution >= 0.6 is 0 Å². The minimum atomic E-state index is 0.708. The van der Waals surface area contributed by atoms with Gasteiger partial charge in [-0.2, -0.15) is 0 Å². The van der Waals surface area contributed by atoms with Gasteiger partial charge in [0, 0.05) is 12.6 Å². The van der Waals surface area contributed by atoms with Gasteiger partial charge in [-0.05, 0) is 37.2 Å². The quantitative estimate of drug-likeness (QED) is 0.831. The van der Waals surface area contributed by atoms with Crippen molar-refractivity contribution in [1.29, 1.82) is 0 Å². The van der Waals surface area contributed by atoms with Gasteiger partial charge in [-0.25, -0.2) is 0 Å². The summed E-state index contributed by atoms with van der Waals surface area (Å²) in [5.41, 5.74) is 2.74. The molecule has 1 aliphatic rings. The maximum atomic E-state index is 3.74. The van der Waals surface area contributed by atoms with E-state index < -0.39 is 0 Å². The lowest BCUT2D eigenvalue weighted by molar-refractivity contribution is 0.227. The maximum Gasteiger partial charge on any atom is 0.0208 e. The zero-order valence-corrected chi connectivity index (χ0v) is 11.4. The molecule has 1 N–H and O–H groups in total. The molecule has 1 aromatic carbocycles. The molecule has 0 spiro atoms. The van der Waals surface area contributed by atoms with Crippen molar-refractivity contribution in [3.8, 4) is 0 Å². The third kappa shape index (κ3) is 3.57. The fourth-order valence-electron chi connectivity index (χ4n) is 2.77. The molecule has 1 aromatic rings. The Morgan fingerprint density at radius 1 is 1.12 bits per heavy atom. The lowest BCUT2D eigenvalue weighted by atomic mass is 9.80. The van der Waals surface area contributed by atoms with Gasteiger partial charge in [-0.3, -0.25) is 0 Å². The van der Waals surface area contributed by atoms with Crippen molar-refractivity contribution in [3.05, 3.63) is 35.4 Å². The zero-order chi connectivity index (χ0) is 12.3. The molecule has 94 valence electrons. The summed E-state index contributed by atoms with van der Waals surface area (Å²) in [6.45, 7) is 7.93. The molecule has 0 bridgehead atoms. The standard InChI is InChI=1S/C16H25N/c1-12-5-8-15(9-6-12)11-17-16-10-13(2)4-7-14(16)3/h5-6,8-9,13-14,16-17H,4,7,10-11H2,1-3H3. The van der Waals surface area contributed by atoms with Gasteiger partial charge >= 0.3 is 0 Å². The first-order chi connectivity index (χ1) is 8.15. The van der Waals surface area contributed by atoms with Crippen LogP contribution in [0.2, 0.25) is 0 Å². The SMILES string of the molecule is Cc1ccc(CNC2CC(C)CCC2C)cc1. The molecular formula is C16H25N. The summed E-state index contributed by atoms with van der Waals surface area (Å²) in [4.78, 5) is 0. The molecule has 2 rings (SSSR count). The number of benzene rings is 1. The van der Waals surface area contributed by atoms with Crippen LogP contribution in [0.3, 0.4) is 0 Å². The van der Waals surface area contributed by atoms with Crippen LogP contribution in [0.5, 0.6) is 0 Å². The smallest absolute Gasteiger partial charge is 0.0208 e. The highest BCUT2D eigenvalue weighted by molar-refractivity contribution is 5.21. The van der Waals surface area contributed by atoms with E-state index in [1.54, 1.807) is 0 Å². The van der Waals surface area contributed by atoms with E-state index in [1.165, 1.54) is 30.4 Å². The van der Waals surface area contributed by atoms with Crippen molar-refractivity contribution < 1.29 is 0 Å². The molecule has 0 aliphatic heterocycles. The summed E-state index contributed by atoms with van der Waals surface area (Å²) >= 11 is 0. The lowest BCUT2D eigenvalue weighted by Crippen LogP contribution is -2.39. The highest BCUT2D eigenvalue weighted by atomic mass is 14.9. The third-order valence-corrected chi connectivity index (χ3v) is 4.15. The van der Waals surface area contributed by atoms with Gasteiger partial charge in [0.15, 0.2) is 0 Å². The van der Waals surface area contributed by atoms with Crippen molar-refractivity contribution in [1.82, 2.24) is 5.32 Å². The number of hydrogen-bond donors (Lipinski definition) is 1. The first kappa shape index (κ1) is 12.6. The summed E-state index contributed by atoms with van der Waals surface area (Å²) in [6, 6.07) is 9.58. The number of hydrogen-bond acceptors (Lipinski definition) is 1. The predicted octanol–water partition coefficient (Wildman–Crippen LogP) is 3.91. The molecule has 0 radical (unpaired) electrons. The van der Waals surface area contributed by atoms with E-state index in [1.807, 2.05) is 0 Å². The summed E-state index contributed by atoms with van der Waals surface area (Å²) < 4.78 is 0. The normalized spacial score (nSPS) is 29.2. The first-order valence-corrected chi connectivity index (χ1v) is 6.94. The van der Waals surface area contributed by atoms with Crippen molar-refractivity contribution >= 4 is 0 Å². The Hall–Kier alpha value is -0.820. The van der Waals surface area contributed by atoms with Crippen molar-refractivity contribution in [2.45, 2.75) is 52.6 Å². The van der Waals surface area contributed by atoms with Crippen LogP contribution in [0.15, 0.2) is 24.3 Å². The fourth-order valence-corrected chi connectivity index (χ4v) is 2.77. The van der Waals surface area contributed by atoms with Gasteiger partial charge in [0.05, 0.1) is 0 Å².